The van der Waals surface area contributed by atoms with Crippen molar-refractivity contribution in [2.45, 2.75) is 0 Å². The standard InChI is InChI=1S/C12H8N2S/c15-12-13-7-10-9-4-2-1-3-8(9)5-6-11(10)14-12/h1-7H,(H,13,14,15). The second kappa shape index (κ2) is 3.14. The first-order valence-corrected chi connectivity index (χ1v) is 5.12. The normalized spacial score (nSPS) is 10.9. The van der Waals surface area contributed by atoms with Crippen molar-refractivity contribution < 1.29 is 0 Å². The molecule has 2 aromatic carbocycles. The monoisotopic (exact) mass is 212 g/mol. The SMILES string of the molecule is S=c1ncc2c(ccc3ccccc32)[nH]1. The predicted molar refractivity (Wildman–Crippen MR) is 64.4 cm³/mol. The van der Waals surface area contributed by atoms with Crippen LogP contribution in [0.15, 0.2) is 42.6 Å². The molecule has 1 heterocycles. The van der Waals surface area contributed by atoms with E-state index in [1.807, 2.05) is 24.4 Å². The first kappa shape index (κ1) is 8.56. The summed E-state index contributed by atoms with van der Waals surface area (Å²) in [5, 5.41) is 3.53. The van der Waals surface area contributed by atoms with Crippen LogP contribution < -0.4 is 0 Å². The maximum Gasteiger partial charge on any atom is 0.197 e. The summed E-state index contributed by atoms with van der Waals surface area (Å²) in [4.78, 5) is 7.20. The lowest BCUT2D eigenvalue weighted by molar-refractivity contribution is 1.19. The Hall–Kier alpha value is -1.74. The summed E-state index contributed by atoms with van der Waals surface area (Å²) in [6.45, 7) is 0. The first-order chi connectivity index (χ1) is 7.34. The maximum absolute atomic E-state index is 5.00. The zero-order valence-electron chi connectivity index (χ0n) is 7.90. The molecule has 0 fully saturated rings. The minimum absolute atomic E-state index is 0.526. The number of fused-ring (bicyclic) bond motifs is 3. The van der Waals surface area contributed by atoms with Gasteiger partial charge in [0.15, 0.2) is 4.77 Å². The zero-order valence-corrected chi connectivity index (χ0v) is 8.71. The fourth-order valence-electron chi connectivity index (χ4n) is 1.81. The highest BCUT2D eigenvalue weighted by Crippen LogP contribution is 2.22. The van der Waals surface area contributed by atoms with E-state index in [4.69, 9.17) is 12.2 Å². The van der Waals surface area contributed by atoms with Gasteiger partial charge in [-0.25, -0.2) is 4.98 Å². The Kier molecular flexibility index (Phi) is 1.79. The number of rotatable bonds is 0. The Morgan fingerprint density at radius 2 is 1.87 bits per heavy atom. The maximum atomic E-state index is 5.00. The van der Waals surface area contributed by atoms with Crippen molar-refractivity contribution >= 4 is 33.9 Å². The minimum atomic E-state index is 0.526. The highest BCUT2D eigenvalue weighted by atomic mass is 32.1. The molecule has 0 unspecified atom stereocenters. The lowest BCUT2D eigenvalue weighted by Crippen LogP contribution is -1.84. The van der Waals surface area contributed by atoms with E-state index < -0.39 is 0 Å². The number of hydrogen-bond donors (Lipinski definition) is 1. The summed E-state index contributed by atoms with van der Waals surface area (Å²) in [6, 6.07) is 12.4. The molecule has 0 aliphatic carbocycles. The van der Waals surface area contributed by atoms with Gasteiger partial charge < -0.3 is 4.98 Å². The van der Waals surface area contributed by atoms with E-state index in [1.165, 1.54) is 10.8 Å². The van der Waals surface area contributed by atoms with E-state index in [0.717, 1.165) is 10.9 Å². The summed E-state index contributed by atoms with van der Waals surface area (Å²) < 4.78 is 0.526. The van der Waals surface area contributed by atoms with Crippen LogP contribution in [0.1, 0.15) is 0 Å². The minimum Gasteiger partial charge on any atom is -0.330 e. The Morgan fingerprint density at radius 1 is 1.00 bits per heavy atom. The predicted octanol–water partition coefficient (Wildman–Crippen LogP) is 3.45. The van der Waals surface area contributed by atoms with Crippen molar-refractivity contribution in [1.29, 1.82) is 0 Å². The third kappa shape index (κ3) is 1.32. The number of benzene rings is 2. The van der Waals surface area contributed by atoms with Gasteiger partial charge in [0.25, 0.3) is 0 Å². The van der Waals surface area contributed by atoms with Crippen molar-refractivity contribution in [3.8, 4) is 0 Å². The number of aromatic nitrogens is 2. The van der Waals surface area contributed by atoms with E-state index in [1.54, 1.807) is 0 Å². The molecule has 0 aliphatic rings. The molecule has 0 saturated carbocycles. The van der Waals surface area contributed by atoms with Crippen LogP contribution in [-0.4, -0.2) is 9.97 Å². The topological polar surface area (TPSA) is 28.7 Å². The van der Waals surface area contributed by atoms with Gasteiger partial charge in [-0.05, 0) is 29.1 Å². The van der Waals surface area contributed by atoms with Crippen molar-refractivity contribution in [3.05, 3.63) is 47.4 Å². The lowest BCUT2D eigenvalue weighted by atomic mass is 10.1. The van der Waals surface area contributed by atoms with Crippen LogP contribution in [0.2, 0.25) is 0 Å². The van der Waals surface area contributed by atoms with Crippen LogP contribution in [0, 0.1) is 4.77 Å². The van der Waals surface area contributed by atoms with Gasteiger partial charge >= 0.3 is 0 Å². The van der Waals surface area contributed by atoms with Crippen molar-refractivity contribution in [2.75, 3.05) is 0 Å². The molecule has 0 aliphatic heterocycles. The summed E-state index contributed by atoms with van der Waals surface area (Å²) in [5.41, 5.74) is 1.04. The van der Waals surface area contributed by atoms with Gasteiger partial charge in [0, 0.05) is 17.1 Å². The second-order valence-electron chi connectivity index (χ2n) is 3.44. The quantitative estimate of drug-likeness (QED) is 0.456. The van der Waals surface area contributed by atoms with Crippen molar-refractivity contribution in [2.24, 2.45) is 0 Å². The molecule has 0 amide bonds. The van der Waals surface area contributed by atoms with Gasteiger partial charge in [0.2, 0.25) is 0 Å². The van der Waals surface area contributed by atoms with Crippen LogP contribution in [0.4, 0.5) is 0 Å². The van der Waals surface area contributed by atoms with E-state index in [0.29, 0.717) is 4.77 Å². The van der Waals surface area contributed by atoms with Crippen LogP contribution in [0.25, 0.3) is 21.7 Å². The molecular formula is C12H8N2S. The van der Waals surface area contributed by atoms with Gasteiger partial charge in [-0.3, -0.25) is 0 Å². The van der Waals surface area contributed by atoms with Crippen LogP contribution in [-0.2, 0) is 0 Å². The number of nitrogens with one attached hydrogen (secondary N) is 1. The van der Waals surface area contributed by atoms with Gasteiger partial charge in [-0.2, -0.15) is 0 Å². The Labute approximate surface area is 91.6 Å². The Bertz CT molecular complexity index is 700. The molecule has 3 rings (SSSR count). The van der Waals surface area contributed by atoms with Crippen LogP contribution >= 0.6 is 12.2 Å². The smallest absolute Gasteiger partial charge is 0.197 e. The first-order valence-electron chi connectivity index (χ1n) is 4.71. The fourth-order valence-corrected chi connectivity index (χ4v) is 1.98. The molecule has 72 valence electrons. The van der Waals surface area contributed by atoms with Gasteiger partial charge in [0.1, 0.15) is 0 Å². The Morgan fingerprint density at radius 3 is 2.80 bits per heavy atom. The molecule has 0 bridgehead atoms. The van der Waals surface area contributed by atoms with Gasteiger partial charge in [-0.15, -0.1) is 0 Å². The molecule has 3 aromatic rings. The average molecular weight is 212 g/mol. The molecule has 1 aromatic heterocycles. The molecule has 0 radical (unpaired) electrons. The molecule has 0 atom stereocenters. The molecule has 0 saturated heterocycles. The number of nitrogens with zero attached hydrogens (tertiary/aromatic N) is 1. The second-order valence-corrected chi connectivity index (χ2v) is 3.82. The zero-order chi connectivity index (χ0) is 10.3. The molecule has 15 heavy (non-hydrogen) atoms. The largest absolute Gasteiger partial charge is 0.330 e. The Balaban J connectivity index is 2.60. The third-order valence-electron chi connectivity index (χ3n) is 2.52. The highest BCUT2D eigenvalue weighted by molar-refractivity contribution is 7.71. The van der Waals surface area contributed by atoms with E-state index in [9.17, 15) is 0 Å². The third-order valence-corrected chi connectivity index (χ3v) is 2.73. The lowest BCUT2D eigenvalue weighted by Gasteiger charge is -2.02. The van der Waals surface area contributed by atoms with E-state index in [2.05, 4.69) is 28.2 Å². The van der Waals surface area contributed by atoms with Gasteiger partial charge in [-0.1, -0.05) is 30.3 Å². The van der Waals surface area contributed by atoms with Crippen molar-refractivity contribution in [1.82, 2.24) is 9.97 Å². The van der Waals surface area contributed by atoms with Crippen LogP contribution in [0.5, 0.6) is 0 Å². The number of hydrogen-bond acceptors (Lipinski definition) is 2. The summed E-state index contributed by atoms with van der Waals surface area (Å²) in [7, 11) is 0. The summed E-state index contributed by atoms with van der Waals surface area (Å²) in [6.07, 6.45) is 1.83. The van der Waals surface area contributed by atoms with Crippen LogP contribution in [0.3, 0.4) is 0 Å². The molecule has 0 spiro atoms. The van der Waals surface area contributed by atoms with E-state index >= 15 is 0 Å². The number of aromatic amines is 1. The molecular weight excluding hydrogens is 204 g/mol. The highest BCUT2D eigenvalue weighted by Gasteiger charge is 1.99. The molecule has 3 heteroatoms. The fraction of sp³-hybridized carbons (Fsp3) is 0. The summed E-state index contributed by atoms with van der Waals surface area (Å²) in [5.74, 6) is 0. The van der Waals surface area contributed by atoms with Crippen molar-refractivity contribution in [3.63, 3.8) is 0 Å². The number of H-pyrrole nitrogens is 1. The van der Waals surface area contributed by atoms with E-state index in [-0.39, 0.29) is 0 Å². The molecule has 2 nitrogen and oxygen atoms in total. The average Bonchev–Trinajstić information content (AvgIpc) is 2.28. The summed E-state index contributed by atoms with van der Waals surface area (Å²) >= 11 is 5.00. The molecule has 1 N–H and O–H groups in total. The van der Waals surface area contributed by atoms with Gasteiger partial charge in [0.05, 0.1) is 0 Å².